The molecular formula is C19H13F2N3O2. The molecule has 0 aliphatic rings. The first kappa shape index (κ1) is 16.1. The van der Waals surface area contributed by atoms with Crippen molar-refractivity contribution in [3.05, 3.63) is 66.9 Å². The summed E-state index contributed by atoms with van der Waals surface area (Å²) in [5.74, 6) is -2.37. The summed E-state index contributed by atoms with van der Waals surface area (Å²) in [6, 6.07) is 11.8. The van der Waals surface area contributed by atoms with Crippen LogP contribution < -0.4 is 4.74 Å². The molecule has 3 aromatic heterocycles. The van der Waals surface area contributed by atoms with E-state index in [0.29, 0.717) is 28.3 Å². The molecule has 0 N–H and O–H groups in total. The lowest BCUT2D eigenvalue weighted by Gasteiger charge is -2.12. The lowest BCUT2D eigenvalue weighted by atomic mass is 10.1. The van der Waals surface area contributed by atoms with Crippen LogP contribution in [-0.4, -0.2) is 15.0 Å². The number of halogens is 2. The topological polar surface area (TPSA) is 61.0 Å². The molecule has 0 saturated carbocycles. The highest BCUT2D eigenvalue weighted by molar-refractivity contribution is 5.92. The van der Waals surface area contributed by atoms with Crippen LogP contribution in [-0.2, 0) is 5.92 Å². The van der Waals surface area contributed by atoms with Crippen LogP contribution in [0.25, 0.3) is 22.2 Å². The van der Waals surface area contributed by atoms with Gasteiger partial charge in [-0.1, -0.05) is 12.1 Å². The molecular weight excluding hydrogens is 340 g/mol. The van der Waals surface area contributed by atoms with Gasteiger partial charge in [-0.3, -0.25) is 4.98 Å². The predicted molar refractivity (Wildman–Crippen MR) is 91.1 cm³/mol. The Morgan fingerprint density at radius 1 is 0.962 bits per heavy atom. The lowest BCUT2D eigenvalue weighted by Crippen LogP contribution is -2.09. The second kappa shape index (κ2) is 6.18. The molecule has 0 aliphatic heterocycles. The van der Waals surface area contributed by atoms with Crippen LogP contribution in [0.4, 0.5) is 8.78 Å². The number of oxazole rings is 1. The van der Waals surface area contributed by atoms with Crippen molar-refractivity contribution in [3.63, 3.8) is 0 Å². The molecule has 3 heterocycles. The summed E-state index contributed by atoms with van der Waals surface area (Å²) in [7, 11) is 0. The quantitative estimate of drug-likeness (QED) is 0.505. The van der Waals surface area contributed by atoms with Crippen LogP contribution in [0.1, 0.15) is 12.6 Å². The summed E-state index contributed by atoms with van der Waals surface area (Å²) in [5, 5.41) is 0. The van der Waals surface area contributed by atoms with E-state index >= 15 is 0 Å². The van der Waals surface area contributed by atoms with E-state index in [1.165, 1.54) is 24.7 Å². The monoisotopic (exact) mass is 353 g/mol. The molecule has 0 saturated heterocycles. The molecule has 0 amide bonds. The minimum absolute atomic E-state index is 0.310. The number of hydrogen-bond acceptors (Lipinski definition) is 5. The van der Waals surface area contributed by atoms with Crippen molar-refractivity contribution in [3.8, 4) is 22.8 Å². The Hall–Kier alpha value is -3.35. The predicted octanol–water partition coefficient (Wildman–Crippen LogP) is 5.19. The van der Waals surface area contributed by atoms with Crippen LogP contribution in [0.5, 0.6) is 11.6 Å². The van der Waals surface area contributed by atoms with Crippen LogP contribution in [0.3, 0.4) is 0 Å². The standard InChI is InChI=1S/C19H13F2N3O2/c1-19(20,21)16-8-7-12(10-23-16)26-18-14(5-3-9-22-18)13-4-2-6-15-17(13)24-11-25-15/h2-11H,1H3. The number of pyridine rings is 2. The summed E-state index contributed by atoms with van der Waals surface area (Å²) in [6.07, 6.45) is 4.21. The Morgan fingerprint density at radius 3 is 2.58 bits per heavy atom. The van der Waals surface area contributed by atoms with Crippen molar-refractivity contribution in [1.29, 1.82) is 0 Å². The van der Waals surface area contributed by atoms with Gasteiger partial charge >= 0.3 is 0 Å². The molecule has 7 heteroatoms. The fourth-order valence-electron chi connectivity index (χ4n) is 2.59. The Balaban J connectivity index is 1.72. The molecule has 5 nitrogen and oxygen atoms in total. The Kier molecular flexibility index (Phi) is 3.84. The highest BCUT2D eigenvalue weighted by Gasteiger charge is 2.25. The summed E-state index contributed by atoms with van der Waals surface area (Å²) < 4.78 is 37.7. The van der Waals surface area contributed by atoms with Crippen LogP contribution in [0.15, 0.2) is 65.7 Å². The maximum absolute atomic E-state index is 13.3. The van der Waals surface area contributed by atoms with E-state index in [9.17, 15) is 8.78 Å². The molecule has 0 atom stereocenters. The van der Waals surface area contributed by atoms with Crippen molar-refractivity contribution in [2.45, 2.75) is 12.8 Å². The summed E-state index contributed by atoms with van der Waals surface area (Å²) in [6.45, 7) is 0.797. The molecule has 4 aromatic rings. The van der Waals surface area contributed by atoms with E-state index in [-0.39, 0.29) is 5.69 Å². The van der Waals surface area contributed by atoms with Crippen molar-refractivity contribution in [2.75, 3.05) is 0 Å². The van der Waals surface area contributed by atoms with E-state index < -0.39 is 5.92 Å². The number of alkyl halides is 2. The molecule has 0 bridgehead atoms. The van der Waals surface area contributed by atoms with Crippen molar-refractivity contribution in [1.82, 2.24) is 15.0 Å². The molecule has 1 aromatic carbocycles. The highest BCUT2D eigenvalue weighted by Crippen LogP contribution is 2.35. The third kappa shape index (κ3) is 2.99. The average molecular weight is 353 g/mol. The van der Waals surface area contributed by atoms with Crippen molar-refractivity contribution in [2.24, 2.45) is 0 Å². The zero-order chi connectivity index (χ0) is 18.1. The van der Waals surface area contributed by atoms with Gasteiger partial charge < -0.3 is 9.15 Å². The fraction of sp³-hybridized carbons (Fsp3) is 0.105. The zero-order valence-corrected chi connectivity index (χ0v) is 13.7. The van der Waals surface area contributed by atoms with E-state index in [1.807, 2.05) is 24.3 Å². The second-order valence-electron chi connectivity index (χ2n) is 5.73. The van der Waals surface area contributed by atoms with Gasteiger partial charge in [0, 0.05) is 24.2 Å². The minimum Gasteiger partial charge on any atom is -0.443 e. The molecule has 26 heavy (non-hydrogen) atoms. The van der Waals surface area contributed by atoms with E-state index in [0.717, 1.165) is 12.5 Å². The molecule has 0 fully saturated rings. The molecule has 0 unspecified atom stereocenters. The molecule has 0 spiro atoms. The minimum atomic E-state index is -3.00. The molecule has 130 valence electrons. The Bertz CT molecular complexity index is 1060. The second-order valence-corrected chi connectivity index (χ2v) is 5.73. The summed E-state index contributed by atoms with van der Waals surface area (Å²) >= 11 is 0. The van der Waals surface area contributed by atoms with Gasteiger partial charge in [0.25, 0.3) is 5.92 Å². The maximum atomic E-state index is 13.3. The number of ether oxygens (including phenoxy) is 1. The van der Waals surface area contributed by atoms with Gasteiger partial charge in [-0.15, -0.1) is 0 Å². The summed E-state index contributed by atoms with van der Waals surface area (Å²) in [5.41, 5.74) is 2.51. The largest absolute Gasteiger partial charge is 0.443 e. The Labute approximate surface area is 147 Å². The van der Waals surface area contributed by atoms with Gasteiger partial charge in [-0.2, -0.15) is 8.78 Å². The number of nitrogens with zero attached hydrogens (tertiary/aromatic N) is 3. The van der Waals surface area contributed by atoms with Gasteiger partial charge in [0.2, 0.25) is 5.88 Å². The third-order valence-corrected chi connectivity index (χ3v) is 3.82. The first-order valence-electron chi connectivity index (χ1n) is 7.82. The van der Waals surface area contributed by atoms with Crippen LogP contribution >= 0.6 is 0 Å². The number of benzene rings is 1. The summed E-state index contributed by atoms with van der Waals surface area (Å²) in [4.78, 5) is 12.3. The molecule has 0 aliphatic carbocycles. The van der Waals surface area contributed by atoms with Crippen LogP contribution in [0.2, 0.25) is 0 Å². The first-order chi connectivity index (χ1) is 12.5. The smallest absolute Gasteiger partial charge is 0.286 e. The van der Waals surface area contributed by atoms with Gasteiger partial charge in [0.05, 0.1) is 6.20 Å². The normalized spacial score (nSPS) is 11.7. The van der Waals surface area contributed by atoms with E-state index in [4.69, 9.17) is 9.15 Å². The van der Waals surface area contributed by atoms with Gasteiger partial charge in [-0.25, -0.2) is 9.97 Å². The molecule has 4 rings (SSSR count). The number of hydrogen-bond donors (Lipinski definition) is 0. The van der Waals surface area contributed by atoms with Crippen molar-refractivity contribution >= 4 is 11.1 Å². The van der Waals surface area contributed by atoms with Crippen molar-refractivity contribution < 1.29 is 17.9 Å². The first-order valence-corrected chi connectivity index (χ1v) is 7.82. The fourth-order valence-corrected chi connectivity index (χ4v) is 2.59. The number of aromatic nitrogens is 3. The number of rotatable bonds is 4. The average Bonchev–Trinajstić information content (AvgIpc) is 3.11. The van der Waals surface area contributed by atoms with Crippen LogP contribution in [0, 0.1) is 0 Å². The van der Waals surface area contributed by atoms with Gasteiger partial charge in [-0.05, 0) is 30.3 Å². The maximum Gasteiger partial charge on any atom is 0.286 e. The highest BCUT2D eigenvalue weighted by atomic mass is 19.3. The number of fused-ring (bicyclic) bond motifs is 1. The third-order valence-electron chi connectivity index (χ3n) is 3.82. The lowest BCUT2D eigenvalue weighted by molar-refractivity contribution is 0.0127. The zero-order valence-electron chi connectivity index (χ0n) is 13.7. The van der Waals surface area contributed by atoms with E-state index in [1.54, 1.807) is 12.3 Å². The molecule has 0 radical (unpaired) electrons. The Morgan fingerprint density at radius 2 is 1.81 bits per heavy atom. The SMILES string of the molecule is CC(F)(F)c1ccc(Oc2ncccc2-c2cccc3ocnc23)cn1. The van der Waals surface area contributed by atoms with Gasteiger partial charge in [0.1, 0.15) is 17.0 Å². The van der Waals surface area contributed by atoms with E-state index in [2.05, 4.69) is 15.0 Å². The number of para-hydroxylation sites is 1. The van der Waals surface area contributed by atoms with Gasteiger partial charge in [0.15, 0.2) is 12.0 Å².